The minimum absolute atomic E-state index is 0.0736. The van der Waals surface area contributed by atoms with Gasteiger partial charge in [0.15, 0.2) is 11.0 Å². The standard InChI is InChI=1S/C31H41N5O3S2/c1-8-10-11-12-19(3)17-36-26(21-13-15-22(16-14-21)31(5,6)7)34-35-30(36)40-18-23-32-27(37)24-20(4)25(29(38)39-9-2)41-28(24)33-23/h13-16,19H,8-12,17-18H2,1-7H3,(H,32,33,37). The van der Waals surface area contributed by atoms with E-state index >= 15 is 0 Å². The summed E-state index contributed by atoms with van der Waals surface area (Å²) < 4.78 is 7.37. The largest absolute Gasteiger partial charge is 0.462 e. The number of esters is 1. The van der Waals surface area contributed by atoms with Gasteiger partial charge in [0, 0.05) is 12.1 Å². The first-order chi connectivity index (χ1) is 19.5. The molecule has 0 fully saturated rings. The maximum absolute atomic E-state index is 13.0. The lowest BCUT2D eigenvalue weighted by molar-refractivity contribution is 0.0531. The van der Waals surface area contributed by atoms with E-state index in [1.54, 1.807) is 13.8 Å². The predicted octanol–water partition coefficient (Wildman–Crippen LogP) is 7.53. The van der Waals surface area contributed by atoms with Gasteiger partial charge in [-0.05, 0) is 42.7 Å². The highest BCUT2D eigenvalue weighted by Gasteiger charge is 2.22. The molecule has 0 saturated carbocycles. The molecule has 0 saturated heterocycles. The molecule has 1 unspecified atom stereocenters. The van der Waals surface area contributed by atoms with E-state index in [2.05, 4.69) is 78.6 Å². The van der Waals surface area contributed by atoms with E-state index < -0.39 is 5.97 Å². The number of fused-ring (bicyclic) bond motifs is 1. The van der Waals surface area contributed by atoms with Crippen LogP contribution in [0.3, 0.4) is 0 Å². The van der Waals surface area contributed by atoms with Crippen molar-refractivity contribution in [3.8, 4) is 11.4 Å². The van der Waals surface area contributed by atoms with Crippen molar-refractivity contribution in [2.24, 2.45) is 5.92 Å². The highest BCUT2D eigenvalue weighted by atomic mass is 32.2. The lowest BCUT2D eigenvalue weighted by atomic mass is 9.86. The van der Waals surface area contributed by atoms with Gasteiger partial charge in [0.2, 0.25) is 0 Å². The van der Waals surface area contributed by atoms with E-state index in [1.165, 1.54) is 47.9 Å². The molecule has 41 heavy (non-hydrogen) atoms. The number of hydrogen-bond acceptors (Lipinski definition) is 8. The Hall–Kier alpha value is -2.98. The highest BCUT2D eigenvalue weighted by Crippen LogP contribution is 2.31. The Morgan fingerprint density at radius 3 is 2.54 bits per heavy atom. The number of aromatic amines is 1. The van der Waals surface area contributed by atoms with Crippen LogP contribution in [-0.4, -0.2) is 37.3 Å². The number of unbranched alkanes of at least 4 members (excludes halogenated alkanes) is 2. The number of thioether (sulfide) groups is 1. The molecular formula is C31H41N5O3S2. The van der Waals surface area contributed by atoms with Crippen molar-refractivity contribution in [1.29, 1.82) is 0 Å². The van der Waals surface area contributed by atoms with Crippen molar-refractivity contribution >= 4 is 39.3 Å². The first-order valence-electron chi connectivity index (χ1n) is 14.4. The Morgan fingerprint density at radius 1 is 1.15 bits per heavy atom. The zero-order valence-corrected chi connectivity index (χ0v) is 26.8. The minimum atomic E-state index is -0.424. The SMILES string of the molecule is CCCCCC(C)Cn1c(SCc2nc3sc(C(=O)OCC)c(C)c3c(=O)[nH]2)nnc1-c1ccc(C(C)(C)C)cc1. The summed E-state index contributed by atoms with van der Waals surface area (Å²) in [4.78, 5) is 33.9. The molecule has 4 rings (SSSR count). The quantitative estimate of drug-likeness (QED) is 0.103. The molecule has 10 heteroatoms. The molecule has 0 spiro atoms. The molecule has 0 aliphatic heterocycles. The molecule has 4 aromatic rings. The fourth-order valence-corrected chi connectivity index (χ4v) is 6.73. The van der Waals surface area contributed by atoms with Gasteiger partial charge in [0.05, 0.1) is 17.7 Å². The van der Waals surface area contributed by atoms with Gasteiger partial charge in [-0.1, -0.05) is 89.9 Å². The lowest BCUT2D eigenvalue weighted by Crippen LogP contribution is -2.13. The van der Waals surface area contributed by atoms with E-state index in [0.29, 0.717) is 38.2 Å². The first-order valence-corrected chi connectivity index (χ1v) is 16.2. The summed E-state index contributed by atoms with van der Waals surface area (Å²) in [6.45, 7) is 15.7. The van der Waals surface area contributed by atoms with Gasteiger partial charge in [0.25, 0.3) is 5.56 Å². The van der Waals surface area contributed by atoms with Crippen LogP contribution in [0.25, 0.3) is 21.6 Å². The molecule has 1 N–H and O–H groups in total. The second-order valence-corrected chi connectivity index (χ2v) is 13.5. The van der Waals surface area contributed by atoms with Crippen molar-refractivity contribution < 1.29 is 9.53 Å². The molecular weight excluding hydrogens is 555 g/mol. The Bertz CT molecular complexity index is 1550. The van der Waals surface area contributed by atoms with Gasteiger partial charge < -0.3 is 14.3 Å². The van der Waals surface area contributed by atoms with Gasteiger partial charge >= 0.3 is 5.97 Å². The third-order valence-corrected chi connectivity index (χ3v) is 9.31. The molecule has 0 bridgehead atoms. The number of nitrogens with one attached hydrogen (secondary N) is 1. The third-order valence-electron chi connectivity index (χ3n) is 7.17. The smallest absolute Gasteiger partial charge is 0.348 e. The summed E-state index contributed by atoms with van der Waals surface area (Å²) in [7, 11) is 0. The molecule has 0 aliphatic carbocycles. The number of rotatable bonds is 12. The molecule has 1 aromatic carbocycles. The minimum Gasteiger partial charge on any atom is -0.462 e. The number of aryl methyl sites for hydroxylation is 1. The van der Waals surface area contributed by atoms with Crippen LogP contribution in [0.4, 0.5) is 0 Å². The number of carbonyl (C=O) groups excluding carboxylic acids is 1. The second-order valence-electron chi connectivity index (χ2n) is 11.6. The van der Waals surface area contributed by atoms with Crippen LogP contribution in [0, 0.1) is 12.8 Å². The van der Waals surface area contributed by atoms with Crippen molar-refractivity contribution in [1.82, 2.24) is 24.7 Å². The van der Waals surface area contributed by atoms with Crippen molar-refractivity contribution in [2.45, 2.75) is 97.0 Å². The molecule has 0 amide bonds. The topological polar surface area (TPSA) is 103 Å². The maximum atomic E-state index is 13.0. The number of carbonyl (C=O) groups is 1. The summed E-state index contributed by atoms with van der Waals surface area (Å²) in [6.07, 6.45) is 4.78. The molecule has 0 radical (unpaired) electrons. The molecule has 220 valence electrons. The van der Waals surface area contributed by atoms with Crippen LogP contribution in [0.5, 0.6) is 0 Å². The van der Waals surface area contributed by atoms with Crippen molar-refractivity contribution in [3.63, 3.8) is 0 Å². The number of ether oxygens (including phenoxy) is 1. The number of thiophene rings is 1. The summed E-state index contributed by atoms with van der Waals surface area (Å²) in [5.41, 5.74) is 2.74. The maximum Gasteiger partial charge on any atom is 0.348 e. The van der Waals surface area contributed by atoms with E-state index in [0.717, 1.165) is 29.5 Å². The number of hydrogen-bond donors (Lipinski definition) is 1. The molecule has 3 heterocycles. The predicted molar refractivity (Wildman–Crippen MR) is 168 cm³/mol. The number of nitrogens with zero attached hydrogens (tertiary/aromatic N) is 4. The summed E-state index contributed by atoms with van der Waals surface area (Å²) in [5, 5.41) is 10.4. The Morgan fingerprint density at radius 2 is 1.88 bits per heavy atom. The van der Waals surface area contributed by atoms with E-state index in [4.69, 9.17) is 9.72 Å². The van der Waals surface area contributed by atoms with Crippen LogP contribution < -0.4 is 5.56 Å². The number of H-pyrrole nitrogens is 1. The summed E-state index contributed by atoms with van der Waals surface area (Å²) >= 11 is 2.70. The fraction of sp³-hybridized carbons (Fsp3) is 0.516. The Balaban J connectivity index is 1.62. The Labute approximate surface area is 250 Å². The van der Waals surface area contributed by atoms with Crippen LogP contribution in [0.2, 0.25) is 0 Å². The van der Waals surface area contributed by atoms with E-state index in [9.17, 15) is 9.59 Å². The zero-order valence-electron chi connectivity index (χ0n) is 25.2. The highest BCUT2D eigenvalue weighted by molar-refractivity contribution is 7.98. The molecule has 0 aliphatic rings. The van der Waals surface area contributed by atoms with Crippen molar-refractivity contribution in [3.05, 3.63) is 56.4 Å². The third kappa shape index (κ3) is 7.27. The molecule has 1 atom stereocenters. The van der Waals surface area contributed by atoms with Gasteiger partial charge in [-0.3, -0.25) is 4.79 Å². The van der Waals surface area contributed by atoms with Crippen LogP contribution in [0.15, 0.2) is 34.2 Å². The molecule has 3 aromatic heterocycles. The molecule has 8 nitrogen and oxygen atoms in total. The van der Waals surface area contributed by atoms with Gasteiger partial charge in [-0.2, -0.15) is 0 Å². The van der Waals surface area contributed by atoms with Crippen molar-refractivity contribution in [2.75, 3.05) is 6.61 Å². The fourth-order valence-electron chi connectivity index (χ4n) is 4.82. The van der Waals surface area contributed by atoms with Gasteiger partial charge in [-0.15, -0.1) is 21.5 Å². The van der Waals surface area contributed by atoms with E-state index in [1.807, 2.05) is 0 Å². The van der Waals surface area contributed by atoms with Crippen LogP contribution in [-0.2, 0) is 22.4 Å². The van der Waals surface area contributed by atoms with Gasteiger partial charge in [0.1, 0.15) is 15.5 Å². The monoisotopic (exact) mass is 595 g/mol. The second kappa shape index (κ2) is 13.3. The summed E-state index contributed by atoms with van der Waals surface area (Å²) in [6, 6.07) is 8.60. The van der Waals surface area contributed by atoms with Crippen LogP contribution in [0.1, 0.15) is 93.8 Å². The Kier molecular flexibility index (Phi) is 10.1. The van der Waals surface area contributed by atoms with Crippen LogP contribution >= 0.6 is 23.1 Å². The zero-order chi connectivity index (χ0) is 29.7. The summed E-state index contributed by atoms with van der Waals surface area (Å²) in [5.74, 6) is 1.84. The lowest BCUT2D eigenvalue weighted by Gasteiger charge is -2.19. The average molecular weight is 596 g/mol. The van der Waals surface area contributed by atoms with E-state index in [-0.39, 0.29) is 17.6 Å². The van der Waals surface area contributed by atoms with Gasteiger partial charge in [-0.25, -0.2) is 9.78 Å². The number of aromatic nitrogens is 5. The number of benzene rings is 1. The normalized spacial score (nSPS) is 12.7. The average Bonchev–Trinajstić information content (AvgIpc) is 3.48. The first kappa shape index (κ1) is 31.0.